The molecule has 0 unspecified atom stereocenters. The number of allylic oxidation sites excluding steroid dienone is 4. The van der Waals surface area contributed by atoms with E-state index in [-0.39, 0.29) is 14.9 Å². The van der Waals surface area contributed by atoms with Gasteiger partial charge in [0.2, 0.25) is 0 Å². The molecule has 0 spiro atoms. The zero-order chi connectivity index (χ0) is 8.69. The first-order valence-corrected chi connectivity index (χ1v) is 3.91. The maximum absolute atomic E-state index is 10.0. The zero-order valence-electron chi connectivity index (χ0n) is 7.55. The molecule has 1 nitrogen and oxygen atoms in total. The van der Waals surface area contributed by atoms with Crippen molar-refractivity contribution in [2.45, 2.75) is 48.5 Å². The van der Waals surface area contributed by atoms with Crippen LogP contribution in [0.2, 0.25) is 0 Å². The minimum Gasteiger partial charge on any atom is -0.299 e. The van der Waals surface area contributed by atoms with Crippen LogP contribution in [-0.4, -0.2) is 6.29 Å². The van der Waals surface area contributed by atoms with Crippen LogP contribution in [0.25, 0.3) is 0 Å². The number of rotatable bonds is 4. The lowest BCUT2D eigenvalue weighted by Gasteiger charge is -1.94. The van der Waals surface area contributed by atoms with E-state index in [1.807, 2.05) is 6.92 Å². The highest BCUT2D eigenvalue weighted by Crippen LogP contribution is 2.05. The van der Waals surface area contributed by atoms with Crippen molar-refractivity contribution in [1.82, 2.24) is 0 Å². The monoisotopic (exact) mass is 184 g/mol. The van der Waals surface area contributed by atoms with Crippen molar-refractivity contribution < 1.29 is 4.79 Å². The molecule has 0 radical (unpaired) electrons. The van der Waals surface area contributed by atoms with Crippen LogP contribution in [0.5, 0.6) is 0 Å². The predicted octanol–water partition coefficient (Wildman–Crippen LogP) is 4.15. The molecule has 0 bridgehead atoms. The van der Waals surface area contributed by atoms with Gasteiger partial charge in [0.1, 0.15) is 6.29 Å². The molecule has 13 heavy (non-hydrogen) atoms. The minimum atomic E-state index is 0. The second-order valence-electron chi connectivity index (χ2n) is 2.97. The van der Waals surface area contributed by atoms with Crippen molar-refractivity contribution in [3.05, 3.63) is 23.3 Å². The molecule has 0 aliphatic heterocycles. The third-order valence-corrected chi connectivity index (χ3v) is 1.44. The van der Waals surface area contributed by atoms with Crippen molar-refractivity contribution in [2.24, 2.45) is 0 Å². The van der Waals surface area contributed by atoms with Crippen molar-refractivity contribution in [2.75, 3.05) is 0 Å². The third-order valence-electron chi connectivity index (χ3n) is 1.44. The van der Waals surface area contributed by atoms with E-state index in [4.69, 9.17) is 0 Å². The second kappa shape index (κ2) is 11.2. The molecule has 0 rings (SSSR count). The van der Waals surface area contributed by atoms with Crippen LogP contribution >= 0.6 is 0 Å². The molecule has 0 heterocycles. The van der Waals surface area contributed by atoms with Gasteiger partial charge in [0.05, 0.1) is 0 Å². The summed E-state index contributed by atoms with van der Waals surface area (Å²) >= 11 is 0. The van der Waals surface area contributed by atoms with Crippen molar-refractivity contribution in [3.8, 4) is 0 Å². The molecule has 78 valence electrons. The molecule has 0 aromatic rings. The van der Waals surface area contributed by atoms with E-state index in [0.29, 0.717) is 0 Å². The van der Waals surface area contributed by atoms with E-state index in [1.54, 1.807) is 6.08 Å². The Balaban J connectivity index is -0.000000500. The highest BCUT2D eigenvalue weighted by molar-refractivity contribution is 5.65. The first kappa shape index (κ1) is 18.0. The number of carbonyl (C=O) groups excluding carboxylic acids is 1. The Morgan fingerprint density at radius 1 is 1.15 bits per heavy atom. The smallest absolute Gasteiger partial charge is 0.142 e. The van der Waals surface area contributed by atoms with E-state index in [2.05, 4.69) is 19.9 Å². The van der Waals surface area contributed by atoms with Crippen LogP contribution in [0.1, 0.15) is 48.5 Å². The fourth-order valence-electron chi connectivity index (χ4n) is 0.788. The van der Waals surface area contributed by atoms with Gasteiger partial charge in [-0.15, -0.1) is 0 Å². The SMILES string of the molecule is C.C.CC(C)=CCCC(C)=CC=O. The highest BCUT2D eigenvalue weighted by Gasteiger charge is 1.86. The van der Waals surface area contributed by atoms with Crippen LogP contribution in [0.15, 0.2) is 23.3 Å². The molecule has 0 saturated heterocycles. The van der Waals surface area contributed by atoms with Gasteiger partial charge in [-0.3, -0.25) is 4.79 Å². The first-order chi connectivity index (χ1) is 5.16. The Hall–Kier alpha value is -0.850. The molecule has 0 aromatic carbocycles. The first-order valence-electron chi connectivity index (χ1n) is 3.91. The lowest BCUT2D eigenvalue weighted by Crippen LogP contribution is -1.77. The fraction of sp³-hybridized carbons (Fsp3) is 0.583. The number of aldehydes is 1. The van der Waals surface area contributed by atoms with E-state index in [1.165, 1.54) is 5.57 Å². The average Bonchev–Trinajstić information content (AvgIpc) is 1.87. The largest absolute Gasteiger partial charge is 0.299 e. The second-order valence-corrected chi connectivity index (χ2v) is 2.97. The average molecular weight is 184 g/mol. The van der Waals surface area contributed by atoms with Gasteiger partial charge >= 0.3 is 0 Å². The van der Waals surface area contributed by atoms with Gasteiger partial charge in [-0.2, -0.15) is 0 Å². The quantitative estimate of drug-likeness (QED) is 0.364. The Bertz CT molecular complexity index is 172. The molecule has 0 aromatic heterocycles. The summed E-state index contributed by atoms with van der Waals surface area (Å²) in [5, 5.41) is 0. The van der Waals surface area contributed by atoms with Gasteiger partial charge in [0, 0.05) is 0 Å². The standard InChI is InChI=1S/C10H16O.2CH4/c1-9(2)5-4-6-10(3)7-8-11;;/h5,7-8H,4,6H2,1-3H3;2*1H4. The van der Waals surface area contributed by atoms with Crippen molar-refractivity contribution >= 4 is 6.29 Å². The van der Waals surface area contributed by atoms with Crippen LogP contribution in [0, 0.1) is 0 Å². The topological polar surface area (TPSA) is 17.1 Å². The Kier molecular flexibility index (Phi) is 15.5. The van der Waals surface area contributed by atoms with E-state index >= 15 is 0 Å². The number of hydrogen-bond acceptors (Lipinski definition) is 1. The minimum absolute atomic E-state index is 0. The van der Waals surface area contributed by atoms with E-state index in [9.17, 15) is 4.79 Å². The summed E-state index contributed by atoms with van der Waals surface area (Å²) in [5.41, 5.74) is 2.49. The molecule has 0 aliphatic rings. The predicted molar refractivity (Wildman–Crippen MR) is 61.9 cm³/mol. The van der Waals surface area contributed by atoms with E-state index in [0.717, 1.165) is 24.7 Å². The maximum atomic E-state index is 10.0. The normalized spacial score (nSPS) is 9.31. The molecule has 0 atom stereocenters. The summed E-state index contributed by atoms with van der Waals surface area (Å²) in [6.45, 7) is 6.14. The van der Waals surface area contributed by atoms with E-state index < -0.39 is 0 Å². The number of carbonyl (C=O) groups is 1. The molecule has 0 amide bonds. The molecular weight excluding hydrogens is 160 g/mol. The van der Waals surface area contributed by atoms with Crippen molar-refractivity contribution in [1.29, 1.82) is 0 Å². The summed E-state index contributed by atoms with van der Waals surface area (Å²) in [6.07, 6.45) is 6.68. The third kappa shape index (κ3) is 14.1. The van der Waals surface area contributed by atoms with Gasteiger partial charge in [0.15, 0.2) is 0 Å². The van der Waals surface area contributed by atoms with Crippen LogP contribution < -0.4 is 0 Å². The zero-order valence-corrected chi connectivity index (χ0v) is 7.55. The summed E-state index contributed by atoms with van der Waals surface area (Å²) in [4.78, 5) is 10.0. The molecule has 0 N–H and O–H groups in total. The van der Waals surface area contributed by atoms with Gasteiger partial charge in [-0.25, -0.2) is 0 Å². The van der Waals surface area contributed by atoms with Crippen molar-refractivity contribution in [3.63, 3.8) is 0 Å². The van der Waals surface area contributed by atoms with Gasteiger partial charge in [0.25, 0.3) is 0 Å². The number of hydrogen-bond donors (Lipinski definition) is 0. The van der Waals surface area contributed by atoms with Crippen LogP contribution in [0.4, 0.5) is 0 Å². The molecule has 0 saturated carbocycles. The fourth-order valence-corrected chi connectivity index (χ4v) is 0.788. The van der Waals surface area contributed by atoms with Gasteiger partial charge < -0.3 is 0 Å². The highest BCUT2D eigenvalue weighted by atomic mass is 16.1. The van der Waals surface area contributed by atoms with Gasteiger partial charge in [-0.1, -0.05) is 32.1 Å². The molecular formula is C12H24O. The summed E-state index contributed by atoms with van der Waals surface area (Å²) in [6, 6.07) is 0. The summed E-state index contributed by atoms with van der Waals surface area (Å²) in [5.74, 6) is 0. The molecule has 1 heteroatoms. The molecule has 0 fully saturated rings. The lowest BCUT2D eigenvalue weighted by atomic mass is 10.1. The lowest BCUT2D eigenvalue weighted by molar-refractivity contribution is -0.104. The summed E-state index contributed by atoms with van der Waals surface area (Å²) < 4.78 is 0. The Morgan fingerprint density at radius 3 is 2.08 bits per heavy atom. The molecule has 0 aliphatic carbocycles. The Morgan fingerprint density at radius 2 is 1.69 bits per heavy atom. The van der Waals surface area contributed by atoms with Crippen LogP contribution in [-0.2, 0) is 4.79 Å². The maximum Gasteiger partial charge on any atom is 0.142 e. The van der Waals surface area contributed by atoms with Crippen LogP contribution in [0.3, 0.4) is 0 Å². The van der Waals surface area contributed by atoms with Gasteiger partial charge in [-0.05, 0) is 39.7 Å². The summed E-state index contributed by atoms with van der Waals surface area (Å²) in [7, 11) is 0. The Labute approximate surface area is 83.5 Å².